The van der Waals surface area contributed by atoms with Crippen molar-refractivity contribution in [2.75, 3.05) is 14.2 Å². The van der Waals surface area contributed by atoms with Crippen molar-refractivity contribution in [1.82, 2.24) is 0 Å². The topological polar surface area (TPSA) is 71.1 Å². The SMILES string of the molecule is COC(=O)c1ccc(C(O[Si](C)(C)C)C(O[Si](C)(C)C)c2ccc(C(=O)OC)cc2)cc1. The standard InChI is InChI=1S/C24H34O6Si2/c1-27-23(25)19-13-9-17(10-14-19)21(29-31(3,4)5)22(30-32(6,7)8)18-11-15-20(16-12-18)24(26)28-2/h9-16,21-22H,1-8H3. The fourth-order valence-electron chi connectivity index (χ4n) is 3.22. The second-order valence-electron chi connectivity index (χ2n) is 9.53. The fourth-order valence-corrected chi connectivity index (χ4v) is 5.27. The van der Waals surface area contributed by atoms with E-state index in [0.717, 1.165) is 11.1 Å². The molecule has 2 atom stereocenters. The van der Waals surface area contributed by atoms with E-state index in [9.17, 15) is 9.59 Å². The molecule has 0 spiro atoms. The second-order valence-corrected chi connectivity index (χ2v) is 18.4. The van der Waals surface area contributed by atoms with Crippen molar-refractivity contribution in [3.63, 3.8) is 0 Å². The minimum atomic E-state index is -1.98. The summed E-state index contributed by atoms with van der Waals surface area (Å²) in [7, 11) is -1.23. The number of carbonyl (C=O) groups excluding carboxylic acids is 2. The number of hydrogen-bond acceptors (Lipinski definition) is 6. The maximum Gasteiger partial charge on any atom is 0.337 e. The van der Waals surface area contributed by atoms with Crippen LogP contribution in [-0.4, -0.2) is 42.8 Å². The van der Waals surface area contributed by atoms with Gasteiger partial charge in [-0.2, -0.15) is 0 Å². The van der Waals surface area contributed by atoms with Crippen LogP contribution < -0.4 is 0 Å². The Morgan fingerprint density at radius 1 is 0.594 bits per heavy atom. The van der Waals surface area contributed by atoms with Gasteiger partial charge in [-0.15, -0.1) is 0 Å². The Kier molecular flexibility index (Phi) is 8.58. The van der Waals surface area contributed by atoms with Gasteiger partial charge in [0.2, 0.25) is 0 Å². The van der Waals surface area contributed by atoms with Crippen LogP contribution in [0.1, 0.15) is 44.1 Å². The third kappa shape index (κ3) is 7.41. The molecule has 2 aromatic carbocycles. The average molecular weight is 475 g/mol. The van der Waals surface area contributed by atoms with Gasteiger partial charge in [-0.3, -0.25) is 0 Å². The number of hydrogen-bond donors (Lipinski definition) is 0. The number of rotatable bonds is 9. The zero-order valence-corrected chi connectivity index (χ0v) is 22.2. The summed E-state index contributed by atoms with van der Waals surface area (Å²) < 4.78 is 22.9. The van der Waals surface area contributed by atoms with E-state index in [0.29, 0.717) is 11.1 Å². The monoisotopic (exact) mass is 474 g/mol. The summed E-state index contributed by atoms with van der Waals surface area (Å²) in [6.07, 6.45) is -0.742. The first-order valence-electron chi connectivity index (χ1n) is 10.6. The predicted molar refractivity (Wildman–Crippen MR) is 130 cm³/mol. The van der Waals surface area contributed by atoms with Crippen LogP contribution in [0.3, 0.4) is 0 Å². The molecule has 0 saturated carbocycles. The molecule has 2 aromatic rings. The molecule has 2 unspecified atom stereocenters. The minimum Gasteiger partial charge on any atom is -0.465 e. The summed E-state index contributed by atoms with van der Waals surface area (Å²) in [5, 5.41) is 0. The van der Waals surface area contributed by atoms with Crippen LogP contribution in [0.4, 0.5) is 0 Å². The first-order chi connectivity index (χ1) is 14.8. The van der Waals surface area contributed by atoms with Gasteiger partial charge in [0.1, 0.15) is 0 Å². The first kappa shape index (κ1) is 26.0. The van der Waals surface area contributed by atoms with Gasteiger partial charge in [0, 0.05) is 0 Å². The Balaban J connectivity index is 2.54. The molecule has 0 fully saturated rings. The van der Waals surface area contributed by atoms with Crippen molar-refractivity contribution in [3.05, 3.63) is 70.8 Å². The lowest BCUT2D eigenvalue weighted by Crippen LogP contribution is -2.36. The van der Waals surface area contributed by atoms with Gasteiger partial charge in [0.25, 0.3) is 0 Å². The van der Waals surface area contributed by atoms with E-state index in [2.05, 4.69) is 39.3 Å². The lowest BCUT2D eigenvalue weighted by atomic mass is 9.97. The highest BCUT2D eigenvalue weighted by Crippen LogP contribution is 2.39. The van der Waals surface area contributed by atoms with Crippen LogP contribution in [0.25, 0.3) is 0 Å². The van der Waals surface area contributed by atoms with Crippen LogP contribution in [0, 0.1) is 0 Å². The van der Waals surface area contributed by atoms with Crippen LogP contribution in [0.2, 0.25) is 39.3 Å². The van der Waals surface area contributed by atoms with Gasteiger partial charge in [-0.1, -0.05) is 24.3 Å². The fraction of sp³-hybridized carbons (Fsp3) is 0.417. The summed E-state index contributed by atoms with van der Waals surface area (Å²) in [4.78, 5) is 23.7. The third-order valence-electron chi connectivity index (χ3n) is 4.56. The van der Waals surface area contributed by atoms with Gasteiger partial charge in [-0.05, 0) is 74.7 Å². The van der Waals surface area contributed by atoms with E-state index < -0.39 is 16.6 Å². The molecular formula is C24H34O6Si2. The Labute approximate surface area is 193 Å². The maximum atomic E-state index is 11.9. The second kappa shape index (κ2) is 10.6. The quantitative estimate of drug-likeness (QED) is 0.341. The molecule has 0 N–H and O–H groups in total. The number of methoxy groups -OCH3 is 2. The van der Waals surface area contributed by atoms with Crippen LogP contribution in [0.15, 0.2) is 48.5 Å². The molecule has 0 aromatic heterocycles. The van der Waals surface area contributed by atoms with Crippen LogP contribution in [-0.2, 0) is 18.3 Å². The lowest BCUT2D eigenvalue weighted by Gasteiger charge is -2.37. The molecule has 174 valence electrons. The van der Waals surface area contributed by atoms with Crippen molar-refractivity contribution in [3.8, 4) is 0 Å². The molecular weight excluding hydrogens is 440 g/mol. The first-order valence-corrected chi connectivity index (χ1v) is 17.4. The number of benzene rings is 2. The summed E-state index contributed by atoms with van der Waals surface area (Å²) in [6, 6.07) is 14.5. The molecule has 32 heavy (non-hydrogen) atoms. The molecule has 8 heteroatoms. The van der Waals surface area contributed by atoms with Gasteiger partial charge in [-0.25, -0.2) is 9.59 Å². The number of esters is 2. The minimum absolute atomic E-state index is 0.371. The predicted octanol–water partition coefficient (Wildman–Crippen LogP) is 5.75. The molecule has 0 saturated heterocycles. The normalized spacial score (nSPS) is 13.9. The molecule has 6 nitrogen and oxygen atoms in total. The molecule has 0 heterocycles. The van der Waals surface area contributed by atoms with E-state index >= 15 is 0 Å². The molecule has 0 radical (unpaired) electrons. The number of ether oxygens (including phenoxy) is 2. The molecule has 0 amide bonds. The van der Waals surface area contributed by atoms with E-state index in [-0.39, 0.29) is 24.1 Å². The molecule has 2 rings (SSSR count). The number of carbonyl (C=O) groups is 2. The Morgan fingerprint density at radius 3 is 1.09 bits per heavy atom. The summed E-state index contributed by atoms with van der Waals surface area (Å²) >= 11 is 0. The highest BCUT2D eigenvalue weighted by atomic mass is 28.4. The molecule has 0 bridgehead atoms. The molecule has 0 aliphatic heterocycles. The zero-order chi connectivity index (χ0) is 24.1. The largest absolute Gasteiger partial charge is 0.465 e. The lowest BCUT2D eigenvalue weighted by molar-refractivity contribution is 0.0419. The van der Waals surface area contributed by atoms with E-state index in [1.54, 1.807) is 24.3 Å². The van der Waals surface area contributed by atoms with Crippen LogP contribution in [0.5, 0.6) is 0 Å². The molecule has 0 aliphatic rings. The van der Waals surface area contributed by atoms with Crippen molar-refractivity contribution in [2.45, 2.75) is 51.5 Å². The summed E-state index contributed by atoms with van der Waals surface area (Å²) in [6.45, 7) is 12.8. The van der Waals surface area contributed by atoms with Crippen LogP contribution >= 0.6 is 0 Å². The smallest absolute Gasteiger partial charge is 0.337 e. The van der Waals surface area contributed by atoms with Crippen molar-refractivity contribution >= 4 is 28.6 Å². The van der Waals surface area contributed by atoms with Crippen molar-refractivity contribution in [2.24, 2.45) is 0 Å². The average Bonchev–Trinajstić information content (AvgIpc) is 2.74. The maximum absolute atomic E-state index is 11.9. The van der Waals surface area contributed by atoms with Gasteiger partial charge >= 0.3 is 11.9 Å². The third-order valence-corrected chi connectivity index (χ3v) is 6.48. The Bertz CT molecular complexity index is 834. The highest BCUT2D eigenvalue weighted by molar-refractivity contribution is 6.70. The van der Waals surface area contributed by atoms with E-state index in [1.165, 1.54) is 14.2 Å². The van der Waals surface area contributed by atoms with E-state index in [1.807, 2.05) is 24.3 Å². The summed E-state index contributed by atoms with van der Waals surface area (Å²) in [5.41, 5.74) is 2.79. The van der Waals surface area contributed by atoms with Gasteiger partial charge in [0.15, 0.2) is 16.6 Å². The highest BCUT2D eigenvalue weighted by Gasteiger charge is 2.34. The van der Waals surface area contributed by atoms with Gasteiger partial charge in [0.05, 0.1) is 37.6 Å². The molecule has 0 aliphatic carbocycles. The van der Waals surface area contributed by atoms with E-state index in [4.69, 9.17) is 18.3 Å². The Morgan fingerprint density at radius 2 is 0.875 bits per heavy atom. The summed E-state index contributed by atoms with van der Waals surface area (Å²) in [5.74, 6) is -0.764. The van der Waals surface area contributed by atoms with Gasteiger partial charge < -0.3 is 18.3 Å². The van der Waals surface area contributed by atoms with Crippen molar-refractivity contribution < 1.29 is 27.9 Å². The Hall–Kier alpha value is -2.27. The zero-order valence-electron chi connectivity index (χ0n) is 20.2. The van der Waals surface area contributed by atoms with Crippen molar-refractivity contribution in [1.29, 1.82) is 0 Å².